The average molecular weight is 256 g/mol. The van der Waals surface area contributed by atoms with E-state index in [1.807, 2.05) is 18.7 Å². The van der Waals surface area contributed by atoms with Gasteiger partial charge in [-0.2, -0.15) is 0 Å². The summed E-state index contributed by atoms with van der Waals surface area (Å²) in [4.78, 5) is 14.7. The molecule has 0 saturated heterocycles. The van der Waals surface area contributed by atoms with Gasteiger partial charge in [-0.05, 0) is 39.0 Å². The fraction of sp³-hybridized carbons (Fsp3) is 0.929. The maximum absolute atomic E-state index is 12.7. The predicted molar refractivity (Wildman–Crippen MR) is 73.2 cm³/mol. The summed E-state index contributed by atoms with van der Waals surface area (Å²) in [5, 5.41) is 0. The van der Waals surface area contributed by atoms with Crippen LogP contribution in [0.2, 0.25) is 0 Å². The van der Waals surface area contributed by atoms with E-state index in [2.05, 4.69) is 6.92 Å². The lowest BCUT2D eigenvalue weighted by molar-refractivity contribution is -0.144. The molecule has 1 amide bonds. The van der Waals surface area contributed by atoms with E-state index >= 15 is 0 Å². The van der Waals surface area contributed by atoms with Gasteiger partial charge in [-0.25, -0.2) is 0 Å². The smallest absolute Gasteiger partial charge is 0.230 e. The number of hydrogen-bond donors (Lipinski definition) is 1. The maximum Gasteiger partial charge on any atom is 0.230 e. The van der Waals surface area contributed by atoms with E-state index < -0.39 is 5.41 Å². The highest BCUT2D eigenvalue weighted by Crippen LogP contribution is 2.36. The molecule has 1 rings (SSSR count). The van der Waals surface area contributed by atoms with Gasteiger partial charge in [-0.15, -0.1) is 0 Å². The van der Waals surface area contributed by atoms with Crippen molar-refractivity contribution >= 4 is 5.91 Å². The van der Waals surface area contributed by atoms with Crippen molar-refractivity contribution in [3.05, 3.63) is 0 Å². The number of methoxy groups -OCH3 is 1. The van der Waals surface area contributed by atoms with Gasteiger partial charge in [0, 0.05) is 26.2 Å². The largest absolute Gasteiger partial charge is 0.383 e. The minimum absolute atomic E-state index is 0.184. The molecule has 0 bridgehead atoms. The second-order valence-corrected chi connectivity index (χ2v) is 5.69. The highest BCUT2D eigenvalue weighted by Gasteiger charge is 2.40. The molecule has 1 aliphatic carbocycles. The molecule has 106 valence electrons. The molecule has 1 saturated carbocycles. The SMILES string of the molecule is CCC(C)(CN)C(=O)N(CCOC)C(C)C1CC1. The van der Waals surface area contributed by atoms with E-state index in [0.29, 0.717) is 31.7 Å². The van der Waals surface area contributed by atoms with Gasteiger partial charge in [0.15, 0.2) is 0 Å². The molecule has 0 heterocycles. The molecule has 2 unspecified atom stereocenters. The van der Waals surface area contributed by atoms with Gasteiger partial charge in [-0.1, -0.05) is 6.92 Å². The standard InChI is InChI=1S/C14H28N2O2/c1-5-14(3,10-15)13(17)16(8-9-18-4)11(2)12-6-7-12/h11-12H,5-10,15H2,1-4H3. The van der Waals surface area contributed by atoms with Crippen molar-refractivity contribution in [1.29, 1.82) is 0 Å². The fourth-order valence-electron chi connectivity index (χ4n) is 2.24. The molecular formula is C14H28N2O2. The number of carbonyl (C=O) groups excluding carboxylic acids is 1. The lowest BCUT2D eigenvalue weighted by Gasteiger charge is -2.37. The van der Waals surface area contributed by atoms with E-state index in [1.165, 1.54) is 12.8 Å². The Hall–Kier alpha value is -0.610. The second-order valence-electron chi connectivity index (χ2n) is 5.69. The van der Waals surface area contributed by atoms with Crippen LogP contribution in [0.3, 0.4) is 0 Å². The van der Waals surface area contributed by atoms with E-state index in [-0.39, 0.29) is 5.91 Å². The summed E-state index contributed by atoms with van der Waals surface area (Å²) in [6.07, 6.45) is 3.26. The Labute approximate surface area is 111 Å². The van der Waals surface area contributed by atoms with Crippen LogP contribution in [-0.4, -0.2) is 43.7 Å². The first kappa shape index (κ1) is 15.4. The topological polar surface area (TPSA) is 55.6 Å². The van der Waals surface area contributed by atoms with Gasteiger partial charge in [-0.3, -0.25) is 4.79 Å². The van der Waals surface area contributed by atoms with Gasteiger partial charge in [0.2, 0.25) is 5.91 Å². The summed E-state index contributed by atoms with van der Waals surface area (Å²) in [6, 6.07) is 0.310. The van der Waals surface area contributed by atoms with E-state index in [4.69, 9.17) is 10.5 Å². The van der Waals surface area contributed by atoms with Gasteiger partial charge >= 0.3 is 0 Å². The number of hydrogen-bond acceptors (Lipinski definition) is 3. The summed E-state index contributed by atoms with van der Waals surface area (Å²) in [6.45, 7) is 7.81. The molecule has 2 atom stereocenters. The Morgan fingerprint density at radius 3 is 2.56 bits per heavy atom. The van der Waals surface area contributed by atoms with Crippen LogP contribution in [0.15, 0.2) is 0 Å². The number of nitrogens with zero attached hydrogens (tertiary/aromatic N) is 1. The number of amides is 1. The Kier molecular flexibility index (Phi) is 5.60. The molecule has 0 aromatic carbocycles. The van der Waals surface area contributed by atoms with Crippen molar-refractivity contribution in [1.82, 2.24) is 4.90 Å². The number of carbonyl (C=O) groups is 1. The first-order valence-electron chi connectivity index (χ1n) is 7.00. The van der Waals surface area contributed by atoms with Crippen molar-refractivity contribution in [2.24, 2.45) is 17.1 Å². The quantitative estimate of drug-likeness (QED) is 0.718. The number of rotatable bonds is 8. The molecule has 0 aliphatic heterocycles. The third-order valence-electron chi connectivity index (χ3n) is 4.34. The van der Waals surface area contributed by atoms with Crippen LogP contribution >= 0.6 is 0 Å². The molecule has 18 heavy (non-hydrogen) atoms. The van der Waals surface area contributed by atoms with Gasteiger partial charge in [0.05, 0.1) is 12.0 Å². The van der Waals surface area contributed by atoms with Gasteiger partial charge < -0.3 is 15.4 Å². The molecule has 0 spiro atoms. The molecule has 0 radical (unpaired) electrons. The van der Waals surface area contributed by atoms with Crippen LogP contribution in [0.5, 0.6) is 0 Å². The minimum atomic E-state index is -0.434. The summed E-state index contributed by atoms with van der Waals surface area (Å²) >= 11 is 0. The fourth-order valence-corrected chi connectivity index (χ4v) is 2.24. The second kappa shape index (κ2) is 6.53. The third kappa shape index (κ3) is 3.45. The zero-order valence-electron chi connectivity index (χ0n) is 12.2. The van der Waals surface area contributed by atoms with Gasteiger partial charge in [0.25, 0.3) is 0 Å². The van der Waals surface area contributed by atoms with Crippen LogP contribution in [0.1, 0.15) is 40.0 Å². The lowest BCUT2D eigenvalue weighted by atomic mass is 9.85. The molecule has 1 fully saturated rings. The first-order chi connectivity index (χ1) is 8.50. The average Bonchev–Trinajstić information content (AvgIpc) is 3.21. The molecule has 1 aliphatic rings. The first-order valence-corrected chi connectivity index (χ1v) is 7.00. The van der Waals surface area contributed by atoms with Crippen molar-refractivity contribution in [3.8, 4) is 0 Å². The summed E-state index contributed by atoms with van der Waals surface area (Å²) in [7, 11) is 1.67. The molecule has 4 heteroatoms. The van der Waals surface area contributed by atoms with Crippen LogP contribution < -0.4 is 5.73 Å². The minimum Gasteiger partial charge on any atom is -0.383 e. The molecule has 2 N–H and O–H groups in total. The molecule has 0 aromatic heterocycles. The zero-order chi connectivity index (χ0) is 13.8. The van der Waals surface area contributed by atoms with E-state index in [9.17, 15) is 4.79 Å². The monoisotopic (exact) mass is 256 g/mol. The Bertz CT molecular complexity index is 273. The Morgan fingerprint density at radius 2 is 2.17 bits per heavy atom. The van der Waals surface area contributed by atoms with Crippen molar-refractivity contribution < 1.29 is 9.53 Å². The van der Waals surface area contributed by atoms with Crippen LogP contribution in [0, 0.1) is 11.3 Å². The van der Waals surface area contributed by atoms with Crippen LogP contribution in [-0.2, 0) is 9.53 Å². The zero-order valence-corrected chi connectivity index (χ0v) is 12.2. The normalized spacial score (nSPS) is 20.3. The molecular weight excluding hydrogens is 228 g/mol. The lowest BCUT2D eigenvalue weighted by Crippen LogP contribution is -2.51. The van der Waals surface area contributed by atoms with E-state index in [1.54, 1.807) is 7.11 Å². The van der Waals surface area contributed by atoms with Crippen LogP contribution in [0.4, 0.5) is 0 Å². The molecule has 0 aromatic rings. The van der Waals surface area contributed by atoms with Gasteiger partial charge in [0.1, 0.15) is 0 Å². The maximum atomic E-state index is 12.7. The molecule has 4 nitrogen and oxygen atoms in total. The summed E-state index contributed by atoms with van der Waals surface area (Å²) in [5.41, 5.74) is 5.36. The van der Waals surface area contributed by atoms with E-state index in [0.717, 1.165) is 6.42 Å². The predicted octanol–water partition coefficient (Wildman–Crippen LogP) is 1.63. The van der Waals surface area contributed by atoms with Crippen LogP contribution in [0.25, 0.3) is 0 Å². The Morgan fingerprint density at radius 1 is 1.56 bits per heavy atom. The highest BCUT2D eigenvalue weighted by atomic mass is 16.5. The van der Waals surface area contributed by atoms with Crippen molar-refractivity contribution in [2.75, 3.05) is 26.8 Å². The van der Waals surface area contributed by atoms with Crippen molar-refractivity contribution in [3.63, 3.8) is 0 Å². The summed E-state index contributed by atoms with van der Waals surface area (Å²) in [5.74, 6) is 0.855. The summed E-state index contributed by atoms with van der Waals surface area (Å²) < 4.78 is 5.13. The highest BCUT2D eigenvalue weighted by molar-refractivity contribution is 5.83. The Balaban J connectivity index is 2.76. The number of nitrogens with two attached hydrogens (primary N) is 1. The number of ether oxygens (including phenoxy) is 1. The van der Waals surface area contributed by atoms with Crippen molar-refractivity contribution in [2.45, 2.75) is 46.1 Å². The third-order valence-corrected chi connectivity index (χ3v) is 4.34.